The molecule has 5 aromatic rings. The summed E-state index contributed by atoms with van der Waals surface area (Å²) >= 11 is 0. The van der Waals surface area contributed by atoms with Gasteiger partial charge in [0.2, 0.25) is 11.7 Å². The maximum Gasteiger partial charge on any atom is 0.294 e. The molecule has 5 aromatic heterocycles. The van der Waals surface area contributed by atoms with Crippen LogP contribution < -0.4 is 10.6 Å². The van der Waals surface area contributed by atoms with Gasteiger partial charge in [-0.25, -0.2) is 0 Å². The summed E-state index contributed by atoms with van der Waals surface area (Å²) in [6.45, 7) is 3.27. The van der Waals surface area contributed by atoms with Crippen molar-refractivity contribution in [2.24, 2.45) is 7.05 Å². The Bertz CT molecular complexity index is 1710. The molecule has 0 unspecified atom stereocenters. The first-order valence-corrected chi connectivity index (χ1v) is 12.4. The number of aryl methyl sites for hydroxylation is 2. The van der Waals surface area contributed by atoms with Crippen molar-refractivity contribution in [1.82, 2.24) is 44.2 Å². The van der Waals surface area contributed by atoms with E-state index in [-0.39, 0.29) is 18.3 Å². The van der Waals surface area contributed by atoms with Crippen LogP contribution in [0, 0.1) is 6.92 Å². The second-order valence-corrected chi connectivity index (χ2v) is 9.34. The zero-order valence-corrected chi connectivity index (χ0v) is 21.4. The second kappa shape index (κ2) is 10.0. The van der Waals surface area contributed by atoms with Gasteiger partial charge in [0.05, 0.1) is 47.4 Å². The van der Waals surface area contributed by atoms with E-state index in [9.17, 15) is 9.59 Å². The summed E-state index contributed by atoms with van der Waals surface area (Å²) in [6.07, 6.45) is 11.1. The van der Waals surface area contributed by atoms with Crippen LogP contribution in [0.25, 0.3) is 16.8 Å². The number of fused-ring (bicyclic) bond motifs is 2. The Morgan fingerprint density at radius 1 is 1.00 bits per heavy atom. The Hall–Kier alpha value is -5.04. The van der Waals surface area contributed by atoms with E-state index >= 15 is 0 Å². The van der Waals surface area contributed by atoms with Crippen molar-refractivity contribution in [3.05, 3.63) is 78.3 Å². The molecule has 0 saturated heterocycles. The van der Waals surface area contributed by atoms with Gasteiger partial charge in [0.25, 0.3) is 5.91 Å². The van der Waals surface area contributed by atoms with E-state index in [1.807, 2.05) is 30.3 Å². The average molecular weight is 524 g/mol. The van der Waals surface area contributed by atoms with Crippen molar-refractivity contribution < 1.29 is 9.59 Å². The summed E-state index contributed by atoms with van der Waals surface area (Å²) in [5.74, 6) is -0.499. The van der Waals surface area contributed by atoms with E-state index in [2.05, 4.69) is 40.9 Å². The van der Waals surface area contributed by atoms with Crippen molar-refractivity contribution in [3.63, 3.8) is 0 Å². The number of rotatable bonds is 6. The van der Waals surface area contributed by atoms with Crippen molar-refractivity contribution in [2.75, 3.05) is 23.7 Å². The predicted molar refractivity (Wildman–Crippen MR) is 142 cm³/mol. The number of aromatic nitrogens is 8. The Morgan fingerprint density at radius 2 is 1.85 bits per heavy atom. The van der Waals surface area contributed by atoms with E-state index in [1.54, 1.807) is 53.1 Å². The van der Waals surface area contributed by atoms with Gasteiger partial charge in [-0.2, -0.15) is 5.10 Å². The highest BCUT2D eigenvalue weighted by Gasteiger charge is 2.21. The van der Waals surface area contributed by atoms with E-state index in [1.165, 1.54) is 0 Å². The van der Waals surface area contributed by atoms with Crippen LogP contribution in [-0.4, -0.2) is 69.1 Å². The first-order valence-electron chi connectivity index (χ1n) is 12.4. The number of amides is 2. The van der Waals surface area contributed by atoms with Crippen LogP contribution in [0.4, 0.5) is 11.4 Å². The zero-order chi connectivity index (χ0) is 26.9. The second-order valence-electron chi connectivity index (χ2n) is 9.34. The Kier molecular flexibility index (Phi) is 6.25. The van der Waals surface area contributed by atoms with Gasteiger partial charge in [0, 0.05) is 56.9 Å². The molecule has 0 aromatic carbocycles. The number of nitrogens with one attached hydrogen (secondary N) is 2. The number of pyridine rings is 2. The minimum Gasteiger partial charge on any atom is -0.324 e. The maximum atomic E-state index is 13.1. The fraction of sp³-hybridized carbons (Fsp3) is 0.231. The Labute approximate surface area is 222 Å². The highest BCUT2D eigenvalue weighted by atomic mass is 16.2. The summed E-state index contributed by atoms with van der Waals surface area (Å²) in [5.41, 5.74) is 5.80. The predicted octanol–water partition coefficient (Wildman–Crippen LogP) is 1.87. The van der Waals surface area contributed by atoms with Crippen molar-refractivity contribution in [3.8, 4) is 11.1 Å². The average Bonchev–Trinajstić information content (AvgIpc) is 3.56. The molecule has 196 valence electrons. The van der Waals surface area contributed by atoms with Gasteiger partial charge in [-0.15, -0.1) is 10.2 Å². The van der Waals surface area contributed by atoms with Crippen LogP contribution in [0.5, 0.6) is 0 Å². The van der Waals surface area contributed by atoms with Crippen molar-refractivity contribution in [2.45, 2.75) is 19.9 Å². The number of nitrogens with zero attached hydrogens (tertiary/aromatic N) is 9. The fourth-order valence-corrected chi connectivity index (χ4v) is 4.53. The third-order valence-electron chi connectivity index (χ3n) is 6.54. The van der Waals surface area contributed by atoms with Crippen LogP contribution in [0.1, 0.15) is 27.7 Å². The molecule has 0 atom stereocenters. The Morgan fingerprint density at radius 3 is 2.67 bits per heavy atom. The molecular formula is C26H25N11O2. The van der Waals surface area contributed by atoms with Crippen molar-refractivity contribution >= 4 is 28.8 Å². The molecule has 13 heteroatoms. The van der Waals surface area contributed by atoms with Crippen molar-refractivity contribution in [1.29, 1.82) is 0 Å². The minimum atomic E-state index is -0.446. The number of carbonyl (C=O) groups is 2. The van der Waals surface area contributed by atoms with Crippen LogP contribution in [0.3, 0.4) is 0 Å². The molecule has 1 aliphatic heterocycles. The first kappa shape index (κ1) is 24.3. The number of hydrogen-bond acceptors (Lipinski definition) is 9. The van der Waals surface area contributed by atoms with Crippen LogP contribution >= 0.6 is 0 Å². The highest BCUT2D eigenvalue weighted by Crippen LogP contribution is 2.22. The van der Waals surface area contributed by atoms with Gasteiger partial charge in [-0.05, 0) is 30.7 Å². The van der Waals surface area contributed by atoms with Crippen LogP contribution in [0.15, 0.2) is 55.4 Å². The molecule has 0 saturated carbocycles. The normalized spacial score (nSPS) is 13.3. The molecule has 2 amide bonds. The summed E-state index contributed by atoms with van der Waals surface area (Å²) in [4.78, 5) is 40.9. The fourth-order valence-electron chi connectivity index (χ4n) is 4.53. The van der Waals surface area contributed by atoms with Gasteiger partial charge < -0.3 is 10.6 Å². The molecule has 0 radical (unpaired) electrons. The van der Waals surface area contributed by atoms with E-state index in [0.29, 0.717) is 29.3 Å². The van der Waals surface area contributed by atoms with E-state index < -0.39 is 5.91 Å². The Balaban J connectivity index is 1.13. The first-order chi connectivity index (χ1) is 18.9. The van der Waals surface area contributed by atoms with Crippen LogP contribution in [-0.2, 0) is 24.8 Å². The number of anilines is 2. The van der Waals surface area contributed by atoms with Gasteiger partial charge in [-0.1, -0.05) is 0 Å². The summed E-state index contributed by atoms with van der Waals surface area (Å²) in [5, 5.41) is 18.2. The quantitative estimate of drug-likeness (QED) is 0.340. The standard InChI is InChI=1S/C26H25N11O2/c1-16-21(10-19(12-29-16)31-24(38)15-36-7-4-20-22(14-36)28-6-5-27-20)32-26(39)25-34-33-23-9-17(3-8-37(23)25)18-11-30-35(2)13-18/h3,5-6,8-13H,4,7,14-15H2,1-2H3,(H,31,38)(H,32,39). The molecule has 0 spiro atoms. The molecule has 2 N–H and O–H groups in total. The molecule has 39 heavy (non-hydrogen) atoms. The van der Waals surface area contributed by atoms with Gasteiger partial charge in [-0.3, -0.25) is 38.5 Å². The largest absolute Gasteiger partial charge is 0.324 e. The summed E-state index contributed by atoms with van der Waals surface area (Å²) in [7, 11) is 1.85. The molecule has 0 bridgehead atoms. The zero-order valence-electron chi connectivity index (χ0n) is 21.4. The smallest absolute Gasteiger partial charge is 0.294 e. The summed E-state index contributed by atoms with van der Waals surface area (Å²) < 4.78 is 3.34. The van der Waals surface area contributed by atoms with Gasteiger partial charge >= 0.3 is 0 Å². The highest BCUT2D eigenvalue weighted by molar-refractivity contribution is 6.03. The monoisotopic (exact) mass is 523 g/mol. The molecule has 6 rings (SSSR count). The maximum absolute atomic E-state index is 13.1. The van der Waals surface area contributed by atoms with E-state index in [0.717, 1.165) is 35.5 Å². The third-order valence-corrected chi connectivity index (χ3v) is 6.54. The number of carbonyl (C=O) groups excluding carboxylic acids is 2. The molecular weight excluding hydrogens is 498 g/mol. The molecule has 1 aliphatic rings. The van der Waals surface area contributed by atoms with Crippen LogP contribution in [0.2, 0.25) is 0 Å². The molecule has 0 fully saturated rings. The molecule has 0 aliphatic carbocycles. The lowest BCUT2D eigenvalue weighted by Crippen LogP contribution is -2.37. The van der Waals surface area contributed by atoms with Gasteiger partial charge in [0.1, 0.15) is 0 Å². The summed E-state index contributed by atoms with van der Waals surface area (Å²) in [6, 6.07) is 5.40. The lowest BCUT2D eigenvalue weighted by molar-refractivity contribution is -0.117. The van der Waals surface area contributed by atoms with E-state index in [4.69, 9.17) is 0 Å². The number of hydrogen-bond donors (Lipinski definition) is 2. The minimum absolute atomic E-state index is 0.130. The lowest BCUT2D eigenvalue weighted by Gasteiger charge is -2.26. The molecule has 13 nitrogen and oxygen atoms in total. The topological polar surface area (TPSA) is 148 Å². The molecule has 6 heterocycles. The SMILES string of the molecule is Cc1ncc(NC(=O)CN2CCc3nccnc3C2)cc1NC(=O)c1nnc2cc(-c3cnn(C)c3)ccn12. The van der Waals surface area contributed by atoms with Gasteiger partial charge in [0.15, 0.2) is 5.65 Å². The lowest BCUT2D eigenvalue weighted by atomic mass is 10.1. The third kappa shape index (κ3) is 5.07.